The van der Waals surface area contributed by atoms with Crippen molar-refractivity contribution in [2.24, 2.45) is 5.92 Å². The van der Waals surface area contributed by atoms with E-state index in [9.17, 15) is 4.79 Å². The zero-order valence-electron chi connectivity index (χ0n) is 9.16. The SMILES string of the molecule is Cc1ncc(C(=O)NCC2CCNC2)s1.Cl. The fourth-order valence-electron chi connectivity index (χ4n) is 1.68. The molecule has 16 heavy (non-hydrogen) atoms. The van der Waals surface area contributed by atoms with Crippen molar-refractivity contribution >= 4 is 29.7 Å². The molecule has 0 saturated carbocycles. The molecule has 1 aliphatic heterocycles. The summed E-state index contributed by atoms with van der Waals surface area (Å²) in [6.07, 6.45) is 2.80. The first-order valence-electron chi connectivity index (χ1n) is 5.17. The van der Waals surface area contributed by atoms with Crippen molar-refractivity contribution in [3.63, 3.8) is 0 Å². The number of nitrogens with zero attached hydrogens (tertiary/aromatic N) is 1. The largest absolute Gasteiger partial charge is 0.351 e. The van der Waals surface area contributed by atoms with E-state index in [-0.39, 0.29) is 18.3 Å². The minimum Gasteiger partial charge on any atom is -0.351 e. The van der Waals surface area contributed by atoms with E-state index < -0.39 is 0 Å². The third-order valence-corrected chi connectivity index (χ3v) is 3.47. The zero-order valence-corrected chi connectivity index (χ0v) is 10.8. The number of hydrogen-bond acceptors (Lipinski definition) is 4. The van der Waals surface area contributed by atoms with Crippen LogP contribution < -0.4 is 10.6 Å². The van der Waals surface area contributed by atoms with E-state index in [1.807, 2.05) is 6.92 Å². The number of hydrogen-bond donors (Lipinski definition) is 2. The Morgan fingerprint density at radius 2 is 2.56 bits per heavy atom. The molecule has 0 aliphatic carbocycles. The third-order valence-electron chi connectivity index (χ3n) is 2.56. The van der Waals surface area contributed by atoms with Crippen LogP contribution in [0.15, 0.2) is 6.20 Å². The van der Waals surface area contributed by atoms with Gasteiger partial charge in [-0.25, -0.2) is 4.98 Å². The van der Waals surface area contributed by atoms with Gasteiger partial charge in [-0.15, -0.1) is 23.7 Å². The van der Waals surface area contributed by atoms with Crippen molar-refractivity contribution in [1.29, 1.82) is 0 Å². The fourth-order valence-corrected chi connectivity index (χ4v) is 2.37. The van der Waals surface area contributed by atoms with Crippen LogP contribution in [0, 0.1) is 12.8 Å². The van der Waals surface area contributed by atoms with Crippen molar-refractivity contribution in [3.8, 4) is 0 Å². The maximum Gasteiger partial charge on any atom is 0.263 e. The molecule has 1 unspecified atom stereocenters. The first kappa shape index (κ1) is 13.4. The Bertz CT molecular complexity index is 350. The van der Waals surface area contributed by atoms with Gasteiger partial charge in [-0.1, -0.05) is 0 Å². The van der Waals surface area contributed by atoms with Crippen LogP contribution in [0.25, 0.3) is 0 Å². The number of carbonyl (C=O) groups is 1. The Balaban J connectivity index is 0.00000128. The Hall–Kier alpha value is -0.650. The van der Waals surface area contributed by atoms with E-state index in [1.165, 1.54) is 11.3 Å². The first-order valence-corrected chi connectivity index (χ1v) is 5.98. The topological polar surface area (TPSA) is 54.0 Å². The summed E-state index contributed by atoms with van der Waals surface area (Å²) in [6, 6.07) is 0. The second kappa shape index (κ2) is 6.18. The lowest BCUT2D eigenvalue weighted by Crippen LogP contribution is -2.29. The van der Waals surface area contributed by atoms with E-state index in [0.717, 1.165) is 31.1 Å². The molecule has 0 radical (unpaired) electrons. The average Bonchev–Trinajstić information content (AvgIpc) is 2.84. The second-order valence-corrected chi connectivity index (χ2v) is 5.05. The van der Waals surface area contributed by atoms with Crippen LogP contribution in [0.2, 0.25) is 0 Å². The molecular formula is C10H16ClN3OS. The quantitative estimate of drug-likeness (QED) is 0.860. The molecule has 1 saturated heterocycles. The lowest BCUT2D eigenvalue weighted by molar-refractivity contribution is 0.0952. The van der Waals surface area contributed by atoms with Gasteiger partial charge in [0.1, 0.15) is 4.88 Å². The minimum atomic E-state index is 0. The highest BCUT2D eigenvalue weighted by Crippen LogP contribution is 2.11. The number of thiazole rings is 1. The predicted molar refractivity (Wildman–Crippen MR) is 67.4 cm³/mol. The minimum absolute atomic E-state index is 0. The monoisotopic (exact) mass is 261 g/mol. The molecule has 1 aromatic rings. The van der Waals surface area contributed by atoms with E-state index in [1.54, 1.807) is 6.20 Å². The molecule has 6 heteroatoms. The summed E-state index contributed by atoms with van der Waals surface area (Å²) in [7, 11) is 0. The van der Waals surface area contributed by atoms with Gasteiger partial charge < -0.3 is 10.6 Å². The molecule has 1 amide bonds. The van der Waals surface area contributed by atoms with Crippen LogP contribution in [0.4, 0.5) is 0 Å². The molecule has 2 rings (SSSR count). The molecule has 1 fully saturated rings. The van der Waals surface area contributed by atoms with Crippen molar-refractivity contribution in [1.82, 2.24) is 15.6 Å². The summed E-state index contributed by atoms with van der Waals surface area (Å²) >= 11 is 1.44. The molecule has 2 N–H and O–H groups in total. The fraction of sp³-hybridized carbons (Fsp3) is 0.600. The molecule has 0 bridgehead atoms. The highest BCUT2D eigenvalue weighted by Gasteiger charge is 2.16. The summed E-state index contributed by atoms with van der Waals surface area (Å²) in [5.74, 6) is 0.593. The summed E-state index contributed by atoms with van der Waals surface area (Å²) in [4.78, 5) is 16.4. The van der Waals surface area contributed by atoms with E-state index in [4.69, 9.17) is 0 Å². The third kappa shape index (κ3) is 3.43. The van der Waals surface area contributed by atoms with Gasteiger partial charge in [-0.3, -0.25) is 4.79 Å². The maximum absolute atomic E-state index is 11.7. The van der Waals surface area contributed by atoms with Gasteiger partial charge in [0.2, 0.25) is 0 Å². The summed E-state index contributed by atoms with van der Waals surface area (Å²) in [5, 5.41) is 7.16. The van der Waals surface area contributed by atoms with Gasteiger partial charge in [-0.2, -0.15) is 0 Å². The van der Waals surface area contributed by atoms with Crippen molar-refractivity contribution in [2.45, 2.75) is 13.3 Å². The van der Waals surface area contributed by atoms with E-state index >= 15 is 0 Å². The average molecular weight is 262 g/mol. The highest BCUT2D eigenvalue weighted by atomic mass is 35.5. The lowest BCUT2D eigenvalue weighted by atomic mass is 10.1. The van der Waals surface area contributed by atoms with Crippen molar-refractivity contribution in [3.05, 3.63) is 16.1 Å². The highest BCUT2D eigenvalue weighted by molar-refractivity contribution is 7.13. The molecule has 2 heterocycles. The Morgan fingerprint density at radius 3 is 3.12 bits per heavy atom. The smallest absolute Gasteiger partial charge is 0.263 e. The number of halogens is 1. The van der Waals surface area contributed by atoms with Crippen molar-refractivity contribution < 1.29 is 4.79 Å². The van der Waals surface area contributed by atoms with Crippen LogP contribution in [0.1, 0.15) is 21.1 Å². The number of nitrogens with one attached hydrogen (secondary N) is 2. The number of amides is 1. The number of carbonyl (C=O) groups excluding carboxylic acids is 1. The van der Waals surface area contributed by atoms with Gasteiger partial charge in [-0.05, 0) is 32.4 Å². The molecule has 0 aromatic carbocycles. The molecule has 1 atom stereocenters. The second-order valence-electron chi connectivity index (χ2n) is 3.81. The van der Waals surface area contributed by atoms with Gasteiger partial charge in [0.05, 0.1) is 11.2 Å². The van der Waals surface area contributed by atoms with Crippen LogP contribution in [-0.4, -0.2) is 30.5 Å². The molecular weight excluding hydrogens is 246 g/mol. The number of rotatable bonds is 3. The summed E-state index contributed by atoms with van der Waals surface area (Å²) < 4.78 is 0. The lowest BCUT2D eigenvalue weighted by Gasteiger charge is -2.08. The molecule has 90 valence electrons. The Morgan fingerprint density at radius 1 is 1.75 bits per heavy atom. The predicted octanol–water partition coefficient (Wildman–Crippen LogP) is 1.21. The van der Waals surface area contributed by atoms with E-state index in [2.05, 4.69) is 15.6 Å². The zero-order chi connectivity index (χ0) is 10.7. The van der Waals surface area contributed by atoms with Gasteiger partial charge >= 0.3 is 0 Å². The van der Waals surface area contributed by atoms with Crippen LogP contribution in [0.5, 0.6) is 0 Å². The summed E-state index contributed by atoms with van der Waals surface area (Å²) in [6.45, 7) is 4.76. The number of aryl methyl sites for hydroxylation is 1. The molecule has 1 aromatic heterocycles. The normalized spacial score (nSPS) is 19.2. The molecule has 1 aliphatic rings. The molecule has 4 nitrogen and oxygen atoms in total. The van der Waals surface area contributed by atoms with Crippen LogP contribution in [0.3, 0.4) is 0 Å². The van der Waals surface area contributed by atoms with Gasteiger partial charge in [0.15, 0.2) is 0 Å². The van der Waals surface area contributed by atoms with Gasteiger partial charge in [0, 0.05) is 6.54 Å². The number of aromatic nitrogens is 1. The van der Waals surface area contributed by atoms with Crippen LogP contribution >= 0.6 is 23.7 Å². The Kier molecular flexibility index (Phi) is 5.18. The Labute approximate surface area is 105 Å². The van der Waals surface area contributed by atoms with Crippen molar-refractivity contribution in [2.75, 3.05) is 19.6 Å². The maximum atomic E-state index is 11.7. The molecule has 0 spiro atoms. The summed E-state index contributed by atoms with van der Waals surface area (Å²) in [5.41, 5.74) is 0. The van der Waals surface area contributed by atoms with Crippen LogP contribution in [-0.2, 0) is 0 Å². The van der Waals surface area contributed by atoms with E-state index in [0.29, 0.717) is 10.8 Å². The first-order chi connectivity index (χ1) is 7.25. The van der Waals surface area contributed by atoms with Gasteiger partial charge in [0.25, 0.3) is 5.91 Å². The standard InChI is InChI=1S/C10H15N3OS.ClH/c1-7-12-6-9(15-7)10(14)13-5-8-2-3-11-4-8;/h6,8,11H,2-5H2,1H3,(H,13,14);1H.